The fraction of sp³-hybridized carbons (Fsp3) is 0.368. The molecule has 112 valence electrons. The Hall–Kier alpha value is -1.64. The van der Waals surface area contributed by atoms with Crippen molar-refractivity contribution in [3.63, 3.8) is 0 Å². The van der Waals surface area contributed by atoms with Crippen molar-refractivity contribution in [3.05, 3.63) is 59.7 Å². The van der Waals surface area contributed by atoms with Gasteiger partial charge in [0.2, 0.25) is 0 Å². The third-order valence-electron chi connectivity index (χ3n) is 3.65. The Morgan fingerprint density at radius 2 is 1.90 bits per heavy atom. The fourth-order valence-corrected chi connectivity index (χ4v) is 2.54. The lowest BCUT2D eigenvalue weighted by Gasteiger charge is -2.07. The molecule has 2 aromatic rings. The first-order valence-corrected chi connectivity index (χ1v) is 7.63. The molecular formula is C19H25NO. The van der Waals surface area contributed by atoms with Gasteiger partial charge in [0.15, 0.2) is 0 Å². The van der Waals surface area contributed by atoms with E-state index in [0.717, 1.165) is 32.5 Å². The summed E-state index contributed by atoms with van der Waals surface area (Å²) >= 11 is 0. The lowest BCUT2D eigenvalue weighted by molar-refractivity contribution is 0.199. The van der Waals surface area contributed by atoms with Crippen LogP contribution < -0.4 is 5.32 Å². The van der Waals surface area contributed by atoms with E-state index in [2.05, 4.69) is 60.8 Å². The van der Waals surface area contributed by atoms with Crippen LogP contribution in [0.5, 0.6) is 0 Å². The second kappa shape index (κ2) is 8.60. The molecule has 21 heavy (non-hydrogen) atoms. The zero-order valence-electron chi connectivity index (χ0n) is 13.1. The van der Waals surface area contributed by atoms with Crippen LogP contribution in [0.1, 0.15) is 18.9 Å². The van der Waals surface area contributed by atoms with Gasteiger partial charge in [-0.1, -0.05) is 54.1 Å². The Labute approximate surface area is 127 Å². The molecule has 0 amide bonds. The molecule has 0 aliphatic heterocycles. The number of allylic oxidation sites excluding steroid dienone is 1. The predicted molar refractivity (Wildman–Crippen MR) is 90.8 cm³/mol. The molecule has 1 N–H and O–H groups in total. The Balaban J connectivity index is 1.90. The fourth-order valence-electron chi connectivity index (χ4n) is 2.54. The van der Waals surface area contributed by atoms with Crippen molar-refractivity contribution in [1.29, 1.82) is 0 Å². The molecule has 0 spiro atoms. The highest BCUT2D eigenvalue weighted by atomic mass is 16.5. The van der Waals surface area contributed by atoms with Crippen LogP contribution in [0.3, 0.4) is 0 Å². The Morgan fingerprint density at radius 3 is 2.76 bits per heavy atom. The van der Waals surface area contributed by atoms with Gasteiger partial charge in [-0.15, -0.1) is 0 Å². The maximum absolute atomic E-state index is 5.01. The van der Waals surface area contributed by atoms with E-state index in [1.54, 1.807) is 7.11 Å². The average Bonchev–Trinajstić information content (AvgIpc) is 2.51. The number of nitrogens with one attached hydrogen (secondary N) is 1. The van der Waals surface area contributed by atoms with Crippen LogP contribution in [-0.4, -0.2) is 26.8 Å². The summed E-state index contributed by atoms with van der Waals surface area (Å²) in [4.78, 5) is 0. The highest BCUT2D eigenvalue weighted by Gasteiger charge is 2.00. The first-order valence-electron chi connectivity index (χ1n) is 7.63. The molecule has 2 aromatic carbocycles. The van der Waals surface area contributed by atoms with Crippen molar-refractivity contribution < 1.29 is 4.74 Å². The van der Waals surface area contributed by atoms with Gasteiger partial charge in [0.05, 0.1) is 6.61 Å². The van der Waals surface area contributed by atoms with E-state index in [1.807, 2.05) is 0 Å². The van der Waals surface area contributed by atoms with Gasteiger partial charge in [-0.3, -0.25) is 0 Å². The molecule has 2 heteroatoms. The molecule has 2 rings (SSSR count). The van der Waals surface area contributed by atoms with Crippen LogP contribution >= 0.6 is 0 Å². The minimum atomic E-state index is 0.776. The van der Waals surface area contributed by atoms with E-state index in [-0.39, 0.29) is 0 Å². The van der Waals surface area contributed by atoms with Gasteiger partial charge in [0, 0.05) is 13.7 Å². The monoisotopic (exact) mass is 283 g/mol. The van der Waals surface area contributed by atoms with Crippen LogP contribution in [0.15, 0.2) is 54.1 Å². The number of hydrogen-bond acceptors (Lipinski definition) is 2. The number of fused-ring (bicyclic) bond motifs is 1. The van der Waals surface area contributed by atoms with Gasteiger partial charge in [-0.2, -0.15) is 0 Å². The van der Waals surface area contributed by atoms with Crippen molar-refractivity contribution in [3.8, 4) is 0 Å². The van der Waals surface area contributed by atoms with Crippen LogP contribution in [0.2, 0.25) is 0 Å². The van der Waals surface area contributed by atoms with Gasteiger partial charge in [0.25, 0.3) is 0 Å². The van der Waals surface area contributed by atoms with Crippen LogP contribution in [0, 0.1) is 0 Å². The lowest BCUT2D eigenvalue weighted by Crippen LogP contribution is -2.19. The van der Waals surface area contributed by atoms with Crippen LogP contribution in [0.4, 0.5) is 0 Å². The summed E-state index contributed by atoms with van der Waals surface area (Å²) < 4.78 is 5.01. The summed E-state index contributed by atoms with van der Waals surface area (Å²) in [6, 6.07) is 15.2. The van der Waals surface area contributed by atoms with E-state index in [9.17, 15) is 0 Å². The number of ether oxygens (including phenoxy) is 1. The summed E-state index contributed by atoms with van der Waals surface area (Å²) in [6.45, 7) is 4.93. The summed E-state index contributed by atoms with van der Waals surface area (Å²) in [5, 5.41) is 6.06. The van der Waals surface area contributed by atoms with Crippen molar-refractivity contribution in [2.24, 2.45) is 0 Å². The maximum atomic E-state index is 5.01. The van der Waals surface area contributed by atoms with Crippen molar-refractivity contribution in [2.45, 2.75) is 19.8 Å². The summed E-state index contributed by atoms with van der Waals surface area (Å²) in [7, 11) is 1.73. The lowest BCUT2D eigenvalue weighted by atomic mass is 9.99. The number of methoxy groups -OCH3 is 1. The Morgan fingerprint density at radius 1 is 1.10 bits per heavy atom. The molecule has 0 saturated carbocycles. The highest BCUT2D eigenvalue weighted by molar-refractivity contribution is 5.85. The molecule has 0 radical (unpaired) electrons. The standard InChI is InChI=1S/C19H25NO/c1-16(7-6-12-20-13-14-21-2)15-18-10-5-9-17-8-3-4-11-19(17)18/h3-5,7-11,20H,6,12-15H2,1-2H3. The number of benzene rings is 2. The molecule has 0 aliphatic rings. The van der Waals surface area contributed by atoms with Crippen molar-refractivity contribution >= 4 is 10.8 Å². The SMILES string of the molecule is COCCNCCC=C(C)Cc1cccc2ccccc12. The Kier molecular flexibility index (Phi) is 6.45. The van der Waals surface area contributed by atoms with E-state index in [1.165, 1.54) is 21.9 Å². The average molecular weight is 283 g/mol. The summed E-state index contributed by atoms with van der Waals surface area (Å²) in [5.74, 6) is 0. The van der Waals surface area contributed by atoms with Crippen LogP contribution in [-0.2, 0) is 11.2 Å². The van der Waals surface area contributed by atoms with E-state index >= 15 is 0 Å². The molecule has 0 atom stereocenters. The first-order chi connectivity index (χ1) is 10.3. The predicted octanol–water partition coefficient (Wildman–Crippen LogP) is 3.95. The zero-order valence-corrected chi connectivity index (χ0v) is 13.1. The summed E-state index contributed by atoms with van der Waals surface area (Å²) in [6.07, 6.45) is 4.43. The van der Waals surface area contributed by atoms with Crippen molar-refractivity contribution in [2.75, 3.05) is 26.8 Å². The maximum Gasteiger partial charge on any atom is 0.0587 e. The second-order valence-corrected chi connectivity index (χ2v) is 5.40. The van der Waals surface area contributed by atoms with E-state index in [0.29, 0.717) is 0 Å². The second-order valence-electron chi connectivity index (χ2n) is 5.40. The van der Waals surface area contributed by atoms with Gasteiger partial charge < -0.3 is 10.1 Å². The van der Waals surface area contributed by atoms with Gasteiger partial charge in [-0.25, -0.2) is 0 Å². The number of hydrogen-bond donors (Lipinski definition) is 1. The third kappa shape index (κ3) is 5.00. The normalized spacial score (nSPS) is 12.0. The highest BCUT2D eigenvalue weighted by Crippen LogP contribution is 2.21. The van der Waals surface area contributed by atoms with E-state index < -0.39 is 0 Å². The van der Waals surface area contributed by atoms with Gasteiger partial charge >= 0.3 is 0 Å². The quantitative estimate of drug-likeness (QED) is 0.585. The topological polar surface area (TPSA) is 21.3 Å². The first kappa shape index (κ1) is 15.7. The Bertz CT molecular complexity index is 584. The van der Waals surface area contributed by atoms with Crippen molar-refractivity contribution in [1.82, 2.24) is 5.32 Å². The largest absolute Gasteiger partial charge is 0.383 e. The van der Waals surface area contributed by atoms with Gasteiger partial charge in [-0.05, 0) is 42.6 Å². The molecule has 0 aromatic heterocycles. The number of rotatable bonds is 8. The molecule has 0 aliphatic carbocycles. The smallest absolute Gasteiger partial charge is 0.0587 e. The molecular weight excluding hydrogens is 258 g/mol. The third-order valence-corrected chi connectivity index (χ3v) is 3.65. The molecule has 0 bridgehead atoms. The molecule has 0 heterocycles. The summed E-state index contributed by atoms with van der Waals surface area (Å²) in [5.41, 5.74) is 2.84. The minimum absolute atomic E-state index is 0.776. The molecule has 2 nitrogen and oxygen atoms in total. The molecule has 0 fully saturated rings. The zero-order chi connectivity index (χ0) is 14.9. The molecule has 0 saturated heterocycles. The van der Waals surface area contributed by atoms with Gasteiger partial charge in [0.1, 0.15) is 0 Å². The van der Waals surface area contributed by atoms with E-state index in [4.69, 9.17) is 4.74 Å². The molecule has 0 unspecified atom stereocenters. The minimum Gasteiger partial charge on any atom is -0.383 e. The van der Waals surface area contributed by atoms with Crippen LogP contribution in [0.25, 0.3) is 10.8 Å².